The molecule has 1 saturated carbocycles. The Kier molecular flexibility index (Phi) is 3.23. The van der Waals surface area contributed by atoms with Crippen LogP contribution in [0.4, 0.5) is 0 Å². The molecular formula is C12H22O2. The third-order valence-corrected chi connectivity index (χ3v) is 3.32. The summed E-state index contributed by atoms with van der Waals surface area (Å²) in [6.07, 6.45) is 1.14. The fourth-order valence-electron chi connectivity index (χ4n) is 2.39. The molecule has 0 heterocycles. The fraction of sp³-hybridized carbons (Fsp3) is 0.917. The molecule has 0 aromatic carbocycles. The molecule has 0 saturated heterocycles. The molecule has 0 N–H and O–H groups in total. The van der Waals surface area contributed by atoms with Crippen LogP contribution in [0, 0.1) is 23.2 Å². The molecule has 2 unspecified atom stereocenters. The summed E-state index contributed by atoms with van der Waals surface area (Å²) in [4.78, 5) is 11.6. The fourth-order valence-corrected chi connectivity index (χ4v) is 2.39. The number of rotatable bonds is 4. The van der Waals surface area contributed by atoms with Gasteiger partial charge >= 0.3 is 5.97 Å². The lowest BCUT2D eigenvalue weighted by atomic mass is 10.0. The Labute approximate surface area is 87.0 Å². The van der Waals surface area contributed by atoms with E-state index in [1.54, 1.807) is 0 Å². The molecule has 0 bridgehead atoms. The monoisotopic (exact) mass is 198 g/mol. The number of hydrogen-bond donors (Lipinski definition) is 0. The molecule has 1 fully saturated rings. The van der Waals surface area contributed by atoms with E-state index >= 15 is 0 Å². The van der Waals surface area contributed by atoms with Crippen molar-refractivity contribution in [3.63, 3.8) is 0 Å². The topological polar surface area (TPSA) is 26.3 Å². The van der Waals surface area contributed by atoms with Crippen LogP contribution in [-0.4, -0.2) is 12.6 Å². The van der Waals surface area contributed by atoms with E-state index in [2.05, 4.69) is 27.7 Å². The van der Waals surface area contributed by atoms with Crippen LogP contribution in [0.15, 0.2) is 0 Å². The zero-order chi connectivity index (χ0) is 10.9. The standard InChI is InChI=1S/C12H22O2/c1-6-14-11(13)10-9(7-8(2)3)12(10,4)5/h8-10H,6-7H2,1-5H3. The quantitative estimate of drug-likeness (QED) is 0.649. The molecule has 0 amide bonds. The average molecular weight is 198 g/mol. The Morgan fingerprint density at radius 2 is 2.00 bits per heavy atom. The Balaban J connectivity index is 2.52. The van der Waals surface area contributed by atoms with Crippen LogP contribution in [-0.2, 0) is 9.53 Å². The number of carbonyl (C=O) groups excluding carboxylic acids is 1. The van der Waals surface area contributed by atoms with Crippen LogP contribution in [0.25, 0.3) is 0 Å². The summed E-state index contributed by atoms with van der Waals surface area (Å²) in [5, 5.41) is 0. The van der Waals surface area contributed by atoms with E-state index in [0.29, 0.717) is 18.4 Å². The summed E-state index contributed by atoms with van der Waals surface area (Å²) in [7, 11) is 0. The molecule has 2 heteroatoms. The molecule has 0 aromatic rings. The lowest BCUT2D eigenvalue weighted by Crippen LogP contribution is -2.10. The number of carbonyl (C=O) groups is 1. The van der Waals surface area contributed by atoms with Crippen molar-refractivity contribution in [2.45, 2.75) is 41.0 Å². The van der Waals surface area contributed by atoms with Crippen molar-refractivity contribution in [2.75, 3.05) is 6.61 Å². The molecular weight excluding hydrogens is 176 g/mol. The van der Waals surface area contributed by atoms with Gasteiger partial charge < -0.3 is 4.74 Å². The lowest BCUT2D eigenvalue weighted by molar-refractivity contribution is -0.145. The van der Waals surface area contributed by atoms with Crippen LogP contribution in [0.5, 0.6) is 0 Å². The van der Waals surface area contributed by atoms with Crippen molar-refractivity contribution in [2.24, 2.45) is 23.2 Å². The van der Waals surface area contributed by atoms with E-state index in [4.69, 9.17) is 4.74 Å². The average Bonchev–Trinajstić information content (AvgIpc) is 2.52. The highest BCUT2D eigenvalue weighted by atomic mass is 16.5. The Hall–Kier alpha value is -0.530. The molecule has 0 aromatic heterocycles. The highest BCUT2D eigenvalue weighted by molar-refractivity contribution is 5.77. The SMILES string of the molecule is CCOC(=O)C1C(CC(C)C)C1(C)C. The lowest BCUT2D eigenvalue weighted by Gasteiger charge is -2.04. The first-order valence-corrected chi connectivity index (χ1v) is 5.57. The zero-order valence-electron chi connectivity index (χ0n) is 9.96. The van der Waals surface area contributed by atoms with Gasteiger partial charge in [0.05, 0.1) is 12.5 Å². The van der Waals surface area contributed by atoms with Gasteiger partial charge in [-0.15, -0.1) is 0 Å². The maximum Gasteiger partial charge on any atom is 0.309 e. The summed E-state index contributed by atoms with van der Waals surface area (Å²) < 4.78 is 5.07. The van der Waals surface area contributed by atoms with E-state index in [1.165, 1.54) is 0 Å². The van der Waals surface area contributed by atoms with E-state index in [9.17, 15) is 4.79 Å². The Bertz CT molecular complexity index is 218. The van der Waals surface area contributed by atoms with Gasteiger partial charge in [0.2, 0.25) is 0 Å². The van der Waals surface area contributed by atoms with Gasteiger partial charge in [-0.25, -0.2) is 0 Å². The minimum Gasteiger partial charge on any atom is -0.466 e. The molecule has 82 valence electrons. The first-order chi connectivity index (χ1) is 6.41. The van der Waals surface area contributed by atoms with Gasteiger partial charge in [0.25, 0.3) is 0 Å². The van der Waals surface area contributed by atoms with Crippen LogP contribution in [0.3, 0.4) is 0 Å². The smallest absolute Gasteiger partial charge is 0.309 e. The highest BCUT2D eigenvalue weighted by Gasteiger charge is 2.62. The van der Waals surface area contributed by atoms with Crippen LogP contribution in [0.1, 0.15) is 41.0 Å². The minimum absolute atomic E-state index is 0.00292. The van der Waals surface area contributed by atoms with Crippen LogP contribution >= 0.6 is 0 Å². The van der Waals surface area contributed by atoms with Crippen molar-refractivity contribution >= 4 is 5.97 Å². The molecule has 2 nitrogen and oxygen atoms in total. The van der Waals surface area contributed by atoms with Gasteiger partial charge in [0.1, 0.15) is 0 Å². The summed E-state index contributed by atoms with van der Waals surface area (Å²) in [6, 6.07) is 0. The summed E-state index contributed by atoms with van der Waals surface area (Å²) in [6.45, 7) is 11.1. The highest BCUT2D eigenvalue weighted by Crippen LogP contribution is 2.61. The summed E-state index contributed by atoms with van der Waals surface area (Å²) in [5.41, 5.74) is 0.163. The molecule has 1 rings (SSSR count). The number of esters is 1. The molecule has 14 heavy (non-hydrogen) atoms. The van der Waals surface area contributed by atoms with Crippen LogP contribution in [0.2, 0.25) is 0 Å². The van der Waals surface area contributed by atoms with Gasteiger partial charge in [-0.3, -0.25) is 4.79 Å². The first-order valence-electron chi connectivity index (χ1n) is 5.57. The first kappa shape index (κ1) is 11.5. The van der Waals surface area contributed by atoms with Crippen molar-refractivity contribution in [3.05, 3.63) is 0 Å². The third kappa shape index (κ3) is 2.10. The van der Waals surface area contributed by atoms with E-state index in [1.807, 2.05) is 6.92 Å². The number of ether oxygens (including phenoxy) is 1. The Morgan fingerprint density at radius 1 is 1.43 bits per heavy atom. The van der Waals surface area contributed by atoms with Gasteiger partial charge in [0.15, 0.2) is 0 Å². The van der Waals surface area contributed by atoms with E-state index < -0.39 is 0 Å². The molecule has 2 atom stereocenters. The maximum absolute atomic E-state index is 11.6. The van der Waals surface area contributed by atoms with Crippen molar-refractivity contribution in [1.82, 2.24) is 0 Å². The molecule has 0 aliphatic heterocycles. The maximum atomic E-state index is 11.6. The second-order valence-electron chi connectivity index (χ2n) is 5.29. The number of hydrogen-bond acceptors (Lipinski definition) is 2. The normalized spacial score (nSPS) is 29.0. The third-order valence-electron chi connectivity index (χ3n) is 3.32. The van der Waals surface area contributed by atoms with E-state index in [-0.39, 0.29) is 17.3 Å². The zero-order valence-corrected chi connectivity index (χ0v) is 9.96. The predicted molar refractivity (Wildman–Crippen MR) is 56.8 cm³/mol. The van der Waals surface area contributed by atoms with Gasteiger partial charge in [-0.05, 0) is 30.6 Å². The van der Waals surface area contributed by atoms with Crippen molar-refractivity contribution in [3.8, 4) is 0 Å². The van der Waals surface area contributed by atoms with E-state index in [0.717, 1.165) is 6.42 Å². The summed E-state index contributed by atoms with van der Waals surface area (Å²) >= 11 is 0. The van der Waals surface area contributed by atoms with Gasteiger partial charge in [-0.1, -0.05) is 27.7 Å². The molecule has 1 aliphatic carbocycles. The second kappa shape index (κ2) is 3.92. The molecule has 0 radical (unpaired) electrons. The Morgan fingerprint density at radius 3 is 2.43 bits per heavy atom. The largest absolute Gasteiger partial charge is 0.466 e. The van der Waals surface area contributed by atoms with Crippen molar-refractivity contribution in [1.29, 1.82) is 0 Å². The summed E-state index contributed by atoms with van der Waals surface area (Å²) in [5.74, 6) is 1.34. The van der Waals surface area contributed by atoms with Crippen LogP contribution < -0.4 is 0 Å². The van der Waals surface area contributed by atoms with Gasteiger partial charge in [0, 0.05) is 0 Å². The molecule has 0 spiro atoms. The minimum atomic E-state index is 0.00292. The van der Waals surface area contributed by atoms with Crippen molar-refractivity contribution < 1.29 is 9.53 Å². The predicted octanol–water partition coefficient (Wildman–Crippen LogP) is 2.87. The molecule has 1 aliphatic rings. The van der Waals surface area contributed by atoms with Gasteiger partial charge in [-0.2, -0.15) is 0 Å². The second-order valence-corrected chi connectivity index (χ2v) is 5.29.